The summed E-state index contributed by atoms with van der Waals surface area (Å²) in [6, 6.07) is 3.05. The molecule has 0 radical (unpaired) electrons. The van der Waals surface area contributed by atoms with Crippen LogP contribution < -0.4 is 5.32 Å². The summed E-state index contributed by atoms with van der Waals surface area (Å²) in [5, 5.41) is 14.0. The van der Waals surface area contributed by atoms with Crippen molar-refractivity contribution in [1.29, 1.82) is 0 Å². The third-order valence-corrected chi connectivity index (χ3v) is 3.37. The maximum absolute atomic E-state index is 10.9. The summed E-state index contributed by atoms with van der Waals surface area (Å²) in [6.07, 6.45) is 4.14. The van der Waals surface area contributed by atoms with Gasteiger partial charge in [-0.1, -0.05) is 6.92 Å². The van der Waals surface area contributed by atoms with Gasteiger partial charge >= 0.3 is 5.69 Å². The van der Waals surface area contributed by atoms with Gasteiger partial charge in [-0.05, 0) is 37.9 Å². The van der Waals surface area contributed by atoms with Crippen molar-refractivity contribution in [3.63, 3.8) is 0 Å². The molecule has 6 heteroatoms. The number of hydrogen-bond acceptors (Lipinski definition) is 5. The molecule has 0 aliphatic carbocycles. The number of aromatic nitrogens is 1. The van der Waals surface area contributed by atoms with Crippen LogP contribution in [0, 0.1) is 16.0 Å². The Balaban J connectivity index is 1.85. The topological polar surface area (TPSA) is 71.3 Å². The third-order valence-electron chi connectivity index (χ3n) is 3.37. The van der Waals surface area contributed by atoms with E-state index in [4.69, 9.17) is 0 Å². The first kappa shape index (κ1) is 13.7. The van der Waals surface area contributed by atoms with Crippen LogP contribution >= 0.6 is 0 Å². The smallest absolute Gasteiger partial charge is 0.311 e. The van der Waals surface area contributed by atoms with Gasteiger partial charge in [0, 0.05) is 25.4 Å². The molecule has 1 aliphatic rings. The van der Waals surface area contributed by atoms with E-state index >= 15 is 0 Å². The average molecular weight is 264 g/mol. The first-order valence-electron chi connectivity index (χ1n) is 6.72. The Bertz CT molecular complexity index is 432. The monoisotopic (exact) mass is 264 g/mol. The van der Waals surface area contributed by atoms with E-state index in [9.17, 15) is 10.1 Å². The van der Waals surface area contributed by atoms with E-state index in [1.54, 1.807) is 12.3 Å². The van der Waals surface area contributed by atoms with E-state index < -0.39 is 4.92 Å². The van der Waals surface area contributed by atoms with Gasteiger partial charge in [0.1, 0.15) is 0 Å². The van der Waals surface area contributed by atoms with Crippen LogP contribution in [-0.4, -0.2) is 41.0 Å². The largest absolute Gasteiger partial charge is 0.364 e. The van der Waals surface area contributed by atoms with Crippen LogP contribution in [0.4, 0.5) is 11.5 Å². The maximum Gasteiger partial charge on any atom is 0.311 e. The highest BCUT2D eigenvalue weighted by molar-refractivity contribution is 5.54. The highest BCUT2D eigenvalue weighted by atomic mass is 16.6. The lowest BCUT2D eigenvalue weighted by Gasteiger charge is -2.20. The first-order chi connectivity index (χ1) is 9.16. The van der Waals surface area contributed by atoms with Gasteiger partial charge in [-0.15, -0.1) is 0 Å². The van der Waals surface area contributed by atoms with Gasteiger partial charge in [-0.2, -0.15) is 0 Å². The molecule has 1 aromatic rings. The molecule has 1 aliphatic heterocycles. The molecular formula is C13H20N4O2. The molecule has 1 atom stereocenters. The number of nitro groups is 1. The summed E-state index contributed by atoms with van der Waals surface area (Å²) in [5.41, 5.74) is 0.0378. The van der Waals surface area contributed by atoms with Gasteiger partial charge in [0.2, 0.25) is 5.82 Å². The lowest BCUT2D eigenvalue weighted by molar-refractivity contribution is -0.384. The molecule has 0 aromatic carbocycles. The van der Waals surface area contributed by atoms with E-state index in [2.05, 4.69) is 22.1 Å². The van der Waals surface area contributed by atoms with Crippen LogP contribution in [0.3, 0.4) is 0 Å². The molecule has 104 valence electrons. The van der Waals surface area contributed by atoms with Crippen molar-refractivity contribution in [1.82, 2.24) is 9.88 Å². The quantitative estimate of drug-likeness (QED) is 0.629. The van der Waals surface area contributed by atoms with Crippen molar-refractivity contribution in [2.45, 2.75) is 19.8 Å². The second kappa shape index (κ2) is 6.47. The van der Waals surface area contributed by atoms with Crippen LogP contribution in [0.2, 0.25) is 0 Å². The minimum atomic E-state index is -0.402. The Morgan fingerprint density at radius 3 is 2.95 bits per heavy atom. The van der Waals surface area contributed by atoms with Crippen LogP contribution in [0.5, 0.6) is 0 Å². The van der Waals surface area contributed by atoms with E-state index in [0.29, 0.717) is 18.3 Å². The second-order valence-corrected chi connectivity index (χ2v) is 5.12. The van der Waals surface area contributed by atoms with Crippen molar-refractivity contribution in [3.05, 3.63) is 28.4 Å². The van der Waals surface area contributed by atoms with Crippen molar-refractivity contribution < 1.29 is 4.92 Å². The molecule has 1 unspecified atom stereocenters. The summed E-state index contributed by atoms with van der Waals surface area (Å²) < 4.78 is 0. The molecule has 1 aromatic heterocycles. The number of rotatable bonds is 6. The molecule has 6 nitrogen and oxygen atoms in total. The minimum absolute atomic E-state index is 0.0378. The van der Waals surface area contributed by atoms with Crippen molar-refractivity contribution >= 4 is 11.5 Å². The summed E-state index contributed by atoms with van der Waals surface area (Å²) in [4.78, 5) is 16.9. The van der Waals surface area contributed by atoms with Crippen molar-refractivity contribution in [2.24, 2.45) is 5.92 Å². The SMILES string of the molecule is CC(CNc1ncccc1[N+](=O)[O-])CN1CCCC1. The summed E-state index contributed by atoms with van der Waals surface area (Å²) >= 11 is 0. The zero-order valence-electron chi connectivity index (χ0n) is 11.2. The predicted molar refractivity (Wildman–Crippen MR) is 74.2 cm³/mol. The number of pyridine rings is 1. The fourth-order valence-electron chi connectivity index (χ4n) is 2.42. The molecule has 19 heavy (non-hydrogen) atoms. The van der Waals surface area contributed by atoms with Crippen molar-refractivity contribution in [3.8, 4) is 0 Å². The zero-order valence-corrected chi connectivity index (χ0v) is 11.2. The molecule has 1 fully saturated rings. The predicted octanol–water partition coefficient (Wildman–Crippen LogP) is 2.13. The number of anilines is 1. The first-order valence-corrected chi connectivity index (χ1v) is 6.72. The Kier molecular flexibility index (Phi) is 4.68. The molecule has 2 heterocycles. The number of hydrogen-bond donors (Lipinski definition) is 1. The van der Waals surface area contributed by atoms with Crippen LogP contribution in [0.15, 0.2) is 18.3 Å². The zero-order chi connectivity index (χ0) is 13.7. The number of nitrogens with zero attached hydrogens (tertiary/aromatic N) is 3. The Morgan fingerprint density at radius 2 is 2.26 bits per heavy atom. The Morgan fingerprint density at radius 1 is 1.53 bits per heavy atom. The van der Waals surface area contributed by atoms with E-state index in [1.807, 2.05) is 0 Å². The summed E-state index contributed by atoms with van der Waals surface area (Å²) in [7, 11) is 0. The van der Waals surface area contributed by atoms with Gasteiger partial charge in [0.15, 0.2) is 0 Å². The molecule has 0 amide bonds. The lowest BCUT2D eigenvalue weighted by atomic mass is 10.1. The van der Waals surface area contributed by atoms with Gasteiger partial charge in [-0.3, -0.25) is 10.1 Å². The second-order valence-electron chi connectivity index (χ2n) is 5.12. The Hall–Kier alpha value is -1.69. The van der Waals surface area contributed by atoms with Gasteiger partial charge in [-0.25, -0.2) is 4.98 Å². The van der Waals surface area contributed by atoms with E-state index in [1.165, 1.54) is 32.0 Å². The number of likely N-dealkylation sites (tertiary alicyclic amines) is 1. The highest BCUT2D eigenvalue weighted by Crippen LogP contribution is 2.20. The van der Waals surface area contributed by atoms with Crippen molar-refractivity contribution in [2.75, 3.05) is 31.5 Å². The van der Waals surface area contributed by atoms with E-state index in [-0.39, 0.29) is 5.69 Å². The molecule has 1 saturated heterocycles. The third kappa shape index (κ3) is 3.89. The molecule has 0 spiro atoms. The number of nitrogens with one attached hydrogen (secondary N) is 1. The summed E-state index contributed by atoms with van der Waals surface area (Å²) in [5.74, 6) is 0.806. The van der Waals surface area contributed by atoms with Gasteiger partial charge in [0.05, 0.1) is 4.92 Å². The maximum atomic E-state index is 10.9. The summed E-state index contributed by atoms with van der Waals surface area (Å²) in [6.45, 7) is 6.24. The molecule has 2 rings (SSSR count). The molecular weight excluding hydrogens is 244 g/mol. The molecule has 0 saturated carbocycles. The minimum Gasteiger partial charge on any atom is -0.364 e. The fraction of sp³-hybridized carbons (Fsp3) is 0.615. The van der Waals surface area contributed by atoms with Crippen LogP contribution in [0.1, 0.15) is 19.8 Å². The van der Waals surface area contributed by atoms with Gasteiger partial charge in [0.25, 0.3) is 0 Å². The highest BCUT2D eigenvalue weighted by Gasteiger charge is 2.17. The Labute approximate surface area is 113 Å². The fourth-order valence-corrected chi connectivity index (χ4v) is 2.42. The molecule has 0 bridgehead atoms. The standard InChI is InChI=1S/C13H20N4O2/c1-11(10-16-7-2-3-8-16)9-15-13-12(17(18)19)5-4-6-14-13/h4-6,11H,2-3,7-10H2,1H3,(H,14,15). The van der Waals surface area contributed by atoms with Gasteiger partial charge < -0.3 is 10.2 Å². The van der Waals surface area contributed by atoms with E-state index in [0.717, 1.165) is 6.54 Å². The average Bonchev–Trinajstić information content (AvgIpc) is 2.89. The molecule has 1 N–H and O–H groups in total. The van der Waals surface area contributed by atoms with Crippen LogP contribution in [-0.2, 0) is 0 Å². The normalized spacial score (nSPS) is 17.3. The van der Waals surface area contributed by atoms with Crippen LogP contribution in [0.25, 0.3) is 0 Å². The lowest BCUT2D eigenvalue weighted by Crippen LogP contribution is -2.29.